The number of hydrogen-bond acceptors (Lipinski definition) is 8. The summed E-state index contributed by atoms with van der Waals surface area (Å²) in [5.41, 5.74) is 1.47. The average Bonchev–Trinajstić information content (AvgIpc) is 3.37. The number of nitroso groups, excluding NO2 is 1. The summed E-state index contributed by atoms with van der Waals surface area (Å²) in [7, 11) is -3.97. The van der Waals surface area contributed by atoms with E-state index in [9.17, 15) is 23.2 Å². The molecule has 0 radical (unpaired) electrons. The quantitative estimate of drug-likeness (QED) is 0.378. The smallest absolute Gasteiger partial charge is 0.407 e. The minimum atomic E-state index is -3.97. The number of carbonyl (C=O) groups excluding carboxylic acids is 1. The number of nitrogens with one attached hydrogen (secondary N) is 1. The van der Waals surface area contributed by atoms with Gasteiger partial charge in [-0.2, -0.15) is 9.21 Å². The number of ether oxygens (including phenoxy) is 2. The number of nitrogens with zero attached hydrogens (tertiary/aromatic N) is 2. The molecule has 1 aliphatic heterocycles. The number of rotatable bonds is 13. The van der Waals surface area contributed by atoms with E-state index in [0.717, 1.165) is 5.56 Å². The minimum Gasteiger partial charge on any atom is -0.444 e. The normalized spacial score (nSPS) is 17.5. The molecule has 11 heteroatoms. The number of benzene rings is 2. The van der Waals surface area contributed by atoms with E-state index in [2.05, 4.69) is 10.5 Å². The lowest BCUT2D eigenvalue weighted by molar-refractivity contribution is 0.0644. The Hall–Kier alpha value is -2.86. The van der Waals surface area contributed by atoms with E-state index in [1.165, 1.54) is 16.4 Å². The lowest BCUT2D eigenvalue weighted by Crippen LogP contribution is -2.51. The van der Waals surface area contributed by atoms with Gasteiger partial charge in [0.05, 0.1) is 30.3 Å². The van der Waals surface area contributed by atoms with Crippen LogP contribution in [0.2, 0.25) is 0 Å². The largest absolute Gasteiger partial charge is 0.444 e. The van der Waals surface area contributed by atoms with Crippen LogP contribution in [0, 0.1) is 10.8 Å². The van der Waals surface area contributed by atoms with Crippen molar-refractivity contribution in [1.29, 1.82) is 0 Å². The van der Waals surface area contributed by atoms with Crippen LogP contribution in [0.4, 0.5) is 4.79 Å². The van der Waals surface area contributed by atoms with Crippen LogP contribution < -0.4 is 5.32 Å². The molecule has 0 spiro atoms. The molecule has 0 aliphatic carbocycles. The third-order valence-electron chi connectivity index (χ3n) is 6.00. The lowest BCUT2D eigenvalue weighted by Gasteiger charge is -2.30. The van der Waals surface area contributed by atoms with Crippen molar-refractivity contribution >= 4 is 16.1 Å². The third-order valence-corrected chi connectivity index (χ3v) is 7.84. The second-order valence-electron chi connectivity index (χ2n) is 9.55. The van der Waals surface area contributed by atoms with Crippen molar-refractivity contribution in [3.05, 3.63) is 70.6 Å². The monoisotopic (exact) mass is 533 g/mol. The van der Waals surface area contributed by atoms with Crippen LogP contribution in [0.25, 0.3) is 0 Å². The molecule has 1 saturated heterocycles. The fourth-order valence-corrected chi connectivity index (χ4v) is 5.72. The molecule has 2 aromatic carbocycles. The molecule has 202 valence electrons. The van der Waals surface area contributed by atoms with Crippen molar-refractivity contribution < 1.29 is 27.8 Å². The van der Waals surface area contributed by atoms with Crippen LogP contribution in [-0.4, -0.2) is 68.5 Å². The summed E-state index contributed by atoms with van der Waals surface area (Å²) in [6.45, 7) is 4.49. The van der Waals surface area contributed by atoms with Crippen molar-refractivity contribution in [1.82, 2.24) is 9.62 Å². The van der Waals surface area contributed by atoms with E-state index in [4.69, 9.17) is 9.47 Å². The van der Waals surface area contributed by atoms with Crippen LogP contribution in [-0.2, 0) is 32.5 Å². The van der Waals surface area contributed by atoms with E-state index < -0.39 is 28.3 Å². The maximum Gasteiger partial charge on any atom is 0.407 e. The van der Waals surface area contributed by atoms with Gasteiger partial charge in [0.15, 0.2) is 0 Å². The number of alkyl carbamates (subject to hydrolysis) is 1. The molecule has 10 nitrogen and oxygen atoms in total. The Labute approximate surface area is 218 Å². The third kappa shape index (κ3) is 8.60. The van der Waals surface area contributed by atoms with Gasteiger partial charge in [-0.15, -0.1) is 0 Å². The number of sulfonamides is 1. The summed E-state index contributed by atoms with van der Waals surface area (Å²) < 4.78 is 38.9. The summed E-state index contributed by atoms with van der Waals surface area (Å²) in [6.07, 6.45) is -1.39. The number of aliphatic hydroxyl groups is 1. The fourth-order valence-electron chi connectivity index (χ4n) is 4.10. The number of hydrogen-bond donors (Lipinski definition) is 2. The van der Waals surface area contributed by atoms with E-state index in [1.807, 2.05) is 44.2 Å². The van der Waals surface area contributed by atoms with Crippen molar-refractivity contribution in [2.45, 2.75) is 56.4 Å². The molecule has 2 aromatic rings. The van der Waals surface area contributed by atoms with E-state index in [-0.39, 0.29) is 43.0 Å². The zero-order valence-electron chi connectivity index (χ0n) is 21.2. The SMILES string of the molecule is CC(C)CN(C[C@@H](O)[C@H](Cc1ccccc1)NC(=O)OC1CCOC1)S(=O)(=O)c1ccc(CN=O)cc1. The van der Waals surface area contributed by atoms with Crippen LogP contribution in [0.1, 0.15) is 31.4 Å². The highest BCUT2D eigenvalue weighted by Crippen LogP contribution is 2.20. The van der Waals surface area contributed by atoms with Gasteiger partial charge in [0.2, 0.25) is 10.0 Å². The Bertz CT molecular complexity index is 1100. The second-order valence-corrected chi connectivity index (χ2v) is 11.5. The molecule has 2 N–H and O–H groups in total. The molecular formula is C26H35N3O7S. The summed E-state index contributed by atoms with van der Waals surface area (Å²) in [5.74, 6) is -0.0200. The molecule has 0 saturated carbocycles. The molecule has 1 aliphatic rings. The maximum atomic E-state index is 13.5. The van der Waals surface area contributed by atoms with E-state index >= 15 is 0 Å². The van der Waals surface area contributed by atoms with Gasteiger partial charge in [-0.3, -0.25) is 0 Å². The average molecular weight is 534 g/mol. The van der Waals surface area contributed by atoms with Crippen molar-refractivity contribution in [3.63, 3.8) is 0 Å². The van der Waals surface area contributed by atoms with E-state index in [1.54, 1.807) is 12.1 Å². The topological polar surface area (TPSA) is 135 Å². The van der Waals surface area contributed by atoms with Crippen LogP contribution in [0.15, 0.2) is 64.7 Å². The van der Waals surface area contributed by atoms with Crippen molar-refractivity contribution in [3.8, 4) is 0 Å². The Morgan fingerprint density at radius 3 is 2.43 bits per heavy atom. The summed E-state index contributed by atoms with van der Waals surface area (Å²) >= 11 is 0. The Balaban J connectivity index is 1.80. The molecule has 1 unspecified atom stereocenters. The molecule has 37 heavy (non-hydrogen) atoms. The molecule has 0 bridgehead atoms. The highest BCUT2D eigenvalue weighted by molar-refractivity contribution is 7.89. The Morgan fingerprint density at radius 2 is 1.84 bits per heavy atom. The maximum absolute atomic E-state index is 13.5. The second kappa shape index (κ2) is 13.6. The fraction of sp³-hybridized carbons (Fsp3) is 0.500. The van der Waals surface area contributed by atoms with Gasteiger partial charge in [-0.05, 0) is 35.6 Å². The summed E-state index contributed by atoms with van der Waals surface area (Å²) in [5, 5.41) is 16.8. The van der Waals surface area contributed by atoms with Gasteiger partial charge in [-0.25, -0.2) is 13.2 Å². The molecule has 1 heterocycles. The molecule has 3 rings (SSSR count). The first-order valence-electron chi connectivity index (χ1n) is 12.3. The first-order chi connectivity index (χ1) is 17.7. The molecular weight excluding hydrogens is 498 g/mol. The minimum absolute atomic E-state index is 0.0200. The van der Waals surface area contributed by atoms with Gasteiger partial charge < -0.3 is 19.9 Å². The zero-order chi connectivity index (χ0) is 26.8. The molecule has 0 aromatic heterocycles. The Kier molecular flexibility index (Phi) is 10.6. The molecule has 1 fully saturated rings. The van der Waals surface area contributed by atoms with Gasteiger partial charge in [0.1, 0.15) is 12.6 Å². The standard InChI is InChI=1S/C26H35N3O7S/c1-19(2)16-29(37(33,34)23-10-8-21(9-11-23)15-27-32)17-25(30)24(14-20-6-4-3-5-7-20)28-26(31)36-22-12-13-35-18-22/h3-11,19,22,24-25,30H,12-18H2,1-2H3,(H,28,31)/t22?,24-,25+/m0/s1. The van der Waals surface area contributed by atoms with Crippen LogP contribution in [0.3, 0.4) is 0 Å². The first kappa shape index (κ1) is 28.7. The number of carbonyl (C=O) groups is 1. The number of aliphatic hydroxyl groups excluding tert-OH is 1. The van der Waals surface area contributed by atoms with Gasteiger partial charge in [-0.1, -0.05) is 61.5 Å². The summed E-state index contributed by atoms with van der Waals surface area (Å²) in [4.78, 5) is 23.2. The van der Waals surface area contributed by atoms with Crippen molar-refractivity contribution in [2.75, 3.05) is 26.3 Å². The summed E-state index contributed by atoms with van der Waals surface area (Å²) in [6, 6.07) is 14.4. The van der Waals surface area contributed by atoms with Crippen molar-refractivity contribution in [2.24, 2.45) is 11.1 Å². The highest BCUT2D eigenvalue weighted by atomic mass is 32.2. The molecule has 3 atom stereocenters. The van der Waals surface area contributed by atoms with Gasteiger partial charge in [0.25, 0.3) is 0 Å². The van der Waals surface area contributed by atoms with Gasteiger partial charge >= 0.3 is 6.09 Å². The lowest BCUT2D eigenvalue weighted by atomic mass is 10.0. The van der Waals surface area contributed by atoms with Crippen LogP contribution in [0.5, 0.6) is 0 Å². The predicted molar refractivity (Wildman–Crippen MR) is 138 cm³/mol. The predicted octanol–water partition coefficient (Wildman–Crippen LogP) is 3.09. The zero-order valence-corrected chi connectivity index (χ0v) is 22.0. The Morgan fingerprint density at radius 1 is 1.14 bits per heavy atom. The number of amides is 1. The highest BCUT2D eigenvalue weighted by Gasteiger charge is 2.32. The van der Waals surface area contributed by atoms with Gasteiger partial charge in [0, 0.05) is 19.5 Å². The molecule has 1 amide bonds. The van der Waals surface area contributed by atoms with E-state index in [0.29, 0.717) is 25.2 Å². The van der Waals surface area contributed by atoms with Crippen LogP contribution >= 0.6 is 0 Å². The first-order valence-corrected chi connectivity index (χ1v) is 13.8.